The van der Waals surface area contributed by atoms with E-state index in [1.807, 2.05) is 13.8 Å². The Hall–Kier alpha value is -1.32. The van der Waals surface area contributed by atoms with Crippen LogP contribution in [0.4, 0.5) is 0 Å². The average Bonchev–Trinajstić information content (AvgIpc) is 2.37. The van der Waals surface area contributed by atoms with Gasteiger partial charge >= 0.3 is 0 Å². The van der Waals surface area contributed by atoms with Crippen molar-refractivity contribution in [3.05, 3.63) is 22.2 Å². The van der Waals surface area contributed by atoms with Crippen LogP contribution in [0.2, 0.25) is 0 Å². The van der Waals surface area contributed by atoms with Gasteiger partial charge in [0.2, 0.25) is 5.88 Å². The molecule has 100 valence electrons. The smallest absolute Gasteiger partial charge is 0.254 e. The van der Waals surface area contributed by atoms with Gasteiger partial charge in [-0.2, -0.15) is 4.98 Å². The van der Waals surface area contributed by atoms with Crippen LogP contribution in [0, 0.1) is 5.92 Å². The Morgan fingerprint density at radius 2 is 2.11 bits per heavy atom. The van der Waals surface area contributed by atoms with Gasteiger partial charge in [-0.1, -0.05) is 33.1 Å². The predicted octanol–water partition coefficient (Wildman–Crippen LogP) is 2.85. The molecule has 1 aromatic rings. The molecule has 1 heterocycles. The summed E-state index contributed by atoms with van der Waals surface area (Å²) in [5.74, 6) is 1.99. The minimum atomic E-state index is -0.132. The largest absolute Gasteiger partial charge is 0.477 e. The van der Waals surface area contributed by atoms with Crippen LogP contribution in [0.25, 0.3) is 0 Å². The zero-order chi connectivity index (χ0) is 13.0. The van der Waals surface area contributed by atoms with Gasteiger partial charge in [-0.15, -0.1) is 0 Å². The van der Waals surface area contributed by atoms with Gasteiger partial charge in [-0.25, -0.2) is 0 Å². The molecular formula is C14H22N2O2. The maximum Gasteiger partial charge on any atom is 0.254 e. The molecule has 1 aliphatic rings. The molecular weight excluding hydrogens is 228 g/mol. The van der Waals surface area contributed by atoms with E-state index < -0.39 is 0 Å². The van der Waals surface area contributed by atoms with E-state index in [9.17, 15) is 4.79 Å². The molecule has 1 saturated carbocycles. The molecule has 0 amide bonds. The SMILES string of the molecule is CC(C)c1nc(OCC2CCCCC2)cc(=O)[nH]1. The summed E-state index contributed by atoms with van der Waals surface area (Å²) in [6.45, 7) is 4.69. The van der Waals surface area contributed by atoms with Crippen LogP contribution in [0.1, 0.15) is 57.7 Å². The lowest BCUT2D eigenvalue weighted by atomic mass is 9.90. The normalized spacial score (nSPS) is 17.1. The third-order valence-corrected chi connectivity index (χ3v) is 3.48. The Bertz CT molecular complexity index is 434. The zero-order valence-electron chi connectivity index (χ0n) is 11.2. The van der Waals surface area contributed by atoms with Crippen molar-refractivity contribution in [2.75, 3.05) is 6.61 Å². The molecule has 1 aliphatic carbocycles. The first kappa shape index (κ1) is 13.1. The summed E-state index contributed by atoms with van der Waals surface area (Å²) >= 11 is 0. The molecule has 1 aromatic heterocycles. The van der Waals surface area contributed by atoms with Crippen LogP contribution < -0.4 is 10.3 Å². The lowest BCUT2D eigenvalue weighted by molar-refractivity contribution is 0.202. The minimum Gasteiger partial charge on any atom is -0.477 e. The predicted molar refractivity (Wildman–Crippen MR) is 71.0 cm³/mol. The first-order chi connectivity index (χ1) is 8.65. The highest BCUT2D eigenvalue weighted by molar-refractivity contribution is 5.10. The molecule has 1 fully saturated rings. The summed E-state index contributed by atoms with van der Waals surface area (Å²) in [4.78, 5) is 18.6. The van der Waals surface area contributed by atoms with Gasteiger partial charge in [-0.3, -0.25) is 4.79 Å². The fourth-order valence-corrected chi connectivity index (χ4v) is 2.36. The minimum absolute atomic E-state index is 0.132. The van der Waals surface area contributed by atoms with E-state index in [0.717, 1.165) is 0 Å². The summed E-state index contributed by atoms with van der Waals surface area (Å²) < 4.78 is 5.69. The number of nitrogens with one attached hydrogen (secondary N) is 1. The standard InChI is InChI=1S/C14H22N2O2/c1-10(2)14-15-12(17)8-13(16-14)18-9-11-6-4-3-5-7-11/h8,10-11H,3-7,9H2,1-2H3,(H,15,16,17). The summed E-state index contributed by atoms with van der Waals surface area (Å²) in [5, 5.41) is 0. The number of aromatic amines is 1. The Kier molecular flexibility index (Phi) is 4.39. The third kappa shape index (κ3) is 3.59. The second-order valence-electron chi connectivity index (χ2n) is 5.44. The second kappa shape index (κ2) is 6.03. The topological polar surface area (TPSA) is 55.0 Å². The van der Waals surface area contributed by atoms with E-state index in [0.29, 0.717) is 24.2 Å². The highest BCUT2D eigenvalue weighted by Crippen LogP contribution is 2.24. The van der Waals surface area contributed by atoms with Crippen molar-refractivity contribution in [2.45, 2.75) is 51.9 Å². The van der Waals surface area contributed by atoms with E-state index in [4.69, 9.17) is 4.74 Å². The van der Waals surface area contributed by atoms with E-state index in [1.54, 1.807) is 0 Å². The van der Waals surface area contributed by atoms with Crippen molar-refractivity contribution < 1.29 is 4.74 Å². The summed E-state index contributed by atoms with van der Waals surface area (Å²) in [5.41, 5.74) is -0.132. The molecule has 0 saturated heterocycles. The maximum atomic E-state index is 11.5. The van der Waals surface area contributed by atoms with Gasteiger partial charge in [-0.05, 0) is 18.8 Å². The van der Waals surface area contributed by atoms with Gasteiger partial charge in [0.15, 0.2) is 0 Å². The molecule has 4 nitrogen and oxygen atoms in total. The number of hydrogen-bond acceptors (Lipinski definition) is 3. The van der Waals surface area contributed by atoms with Crippen LogP contribution in [-0.4, -0.2) is 16.6 Å². The summed E-state index contributed by atoms with van der Waals surface area (Å²) in [6, 6.07) is 1.44. The van der Waals surface area contributed by atoms with E-state index in [-0.39, 0.29) is 11.5 Å². The fraction of sp³-hybridized carbons (Fsp3) is 0.714. The molecule has 4 heteroatoms. The Balaban J connectivity index is 1.97. The van der Waals surface area contributed by atoms with Crippen LogP contribution in [0.3, 0.4) is 0 Å². The number of ether oxygens (including phenoxy) is 1. The van der Waals surface area contributed by atoms with Crippen molar-refractivity contribution in [3.8, 4) is 5.88 Å². The van der Waals surface area contributed by atoms with E-state index >= 15 is 0 Å². The molecule has 0 spiro atoms. The van der Waals surface area contributed by atoms with Gasteiger partial charge < -0.3 is 9.72 Å². The lowest BCUT2D eigenvalue weighted by Crippen LogP contribution is -2.18. The quantitative estimate of drug-likeness (QED) is 0.894. The summed E-state index contributed by atoms with van der Waals surface area (Å²) in [6.07, 6.45) is 6.42. The van der Waals surface area contributed by atoms with Gasteiger partial charge in [0, 0.05) is 5.92 Å². The molecule has 0 aromatic carbocycles. The molecule has 0 aliphatic heterocycles. The van der Waals surface area contributed by atoms with E-state index in [1.165, 1.54) is 38.2 Å². The maximum absolute atomic E-state index is 11.5. The van der Waals surface area contributed by atoms with Gasteiger partial charge in [0.25, 0.3) is 5.56 Å². The second-order valence-corrected chi connectivity index (χ2v) is 5.44. The number of hydrogen-bond donors (Lipinski definition) is 1. The number of nitrogens with zero attached hydrogens (tertiary/aromatic N) is 1. The molecule has 0 atom stereocenters. The Morgan fingerprint density at radius 3 is 2.78 bits per heavy atom. The van der Waals surface area contributed by atoms with E-state index in [2.05, 4.69) is 9.97 Å². The van der Waals surface area contributed by atoms with Crippen molar-refractivity contribution in [3.63, 3.8) is 0 Å². The first-order valence-corrected chi connectivity index (χ1v) is 6.89. The molecule has 18 heavy (non-hydrogen) atoms. The third-order valence-electron chi connectivity index (χ3n) is 3.48. The molecule has 0 bridgehead atoms. The Labute approximate surface area is 108 Å². The number of H-pyrrole nitrogens is 1. The lowest BCUT2D eigenvalue weighted by Gasteiger charge is -2.21. The highest BCUT2D eigenvalue weighted by atomic mass is 16.5. The van der Waals surface area contributed by atoms with Gasteiger partial charge in [0.1, 0.15) is 5.82 Å². The van der Waals surface area contributed by atoms with Crippen LogP contribution in [0.5, 0.6) is 5.88 Å². The Morgan fingerprint density at radius 1 is 1.39 bits per heavy atom. The fourth-order valence-electron chi connectivity index (χ4n) is 2.36. The van der Waals surface area contributed by atoms with Crippen LogP contribution in [0.15, 0.2) is 10.9 Å². The molecule has 0 unspecified atom stereocenters. The van der Waals surface area contributed by atoms with Crippen molar-refractivity contribution in [1.29, 1.82) is 0 Å². The average molecular weight is 250 g/mol. The summed E-state index contributed by atoms with van der Waals surface area (Å²) in [7, 11) is 0. The first-order valence-electron chi connectivity index (χ1n) is 6.89. The highest BCUT2D eigenvalue weighted by Gasteiger charge is 2.14. The molecule has 1 N–H and O–H groups in total. The van der Waals surface area contributed by atoms with Crippen molar-refractivity contribution in [2.24, 2.45) is 5.92 Å². The number of rotatable bonds is 4. The van der Waals surface area contributed by atoms with Crippen LogP contribution >= 0.6 is 0 Å². The zero-order valence-corrected chi connectivity index (χ0v) is 11.2. The van der Waals surface area contributed by atoms with Crippen molar-refractivity contribution >= 4 is 0 Å². The molecule has 2 rings (SSSR count). The monoisotopic (exact) mass is 250 g/mol. The van der Waals surface area contributed by atoms with Crippen molar-refractivity contribution in [1.82, 2.24) is 9.97 Å². The van der Waals surface area contributed by atoms with Crippen LogP contribution in [-0.2, 0) is 0 Å². The number of aromatic nitrogens is 2. The molecule has 0 radical (unpaired) electrons. The van der Waals surface area contributed by atoms with Gasteiger partial charge in [0.05, 0.1) is 12.7 Å².